The van der Waals surface area contributed by atoms with E-state index in [1.807, 2.05) is 0 Å². The largest absolute Gasteiger partial charge is 0.384 e. The molecule has 5 heteroatoms. The number of rotatable bonds is 7. The molecule has 118 valence electrons. The molecule has 1 saturated heterocycles. The molecule has 0 radical (unpaired) electrons. The van der Waals surface area contributed by atoms with Gasteiger partial charge in [-0.2, -0.15) is 0 Å². The number of hydrogen-bond donors (Lipinski definition) is 2. The van der Waals surface area contributed by atoms with Gasteiger partial charge in [0, 0.05) is 20.2 Å². The first-order valence-corrected chi connectivity index (χ1v) is 7.44. The van der Waals surface area contributed by atoms with Crippen LogP contribution in [0.4, 0.5) is 0 Å². The number of carbonyl (C=O) groups excluding carboxylic acids is 1. The second-order valence-corrected chi connectivity index (χ2v) is 7.05. The lowest BCUT2D eigenvalue weighted by Gasteiger charge is -2.37. The Morgan fingerprint density at radius 1 is 1.35 bits per heavy atom. The number of nitrogens with zero attached hydrogens (tertiary/aromatic N) is 1. The molecule has 0 atom stereocenters. The van der Waals surface area contributed by atoms with Gasteiger partial charge in [0.25, 0.3) is 0 Å². The summed E-state index contributed by atoms with van der Waals surface area (Å²) in [4.78, 5) is 14.8. The van der Waals surface area contributed by atoms with Gasteiger partial charge in [0.2, 0.25) is 5.91 Å². The number of piperidine rings is 1. The van der Waals surface area contributed by atoms with Crippen LogP contribution in [0.25, 0.3) is 0 Å². The fraction of sp³-hybridized carbons (Fsp3) is 0.933. The van der Waals surface area contributed by atoms with Crippen LogP contribution in [-0.2, 0) is 9.53 Å². The maximum Gasteiger partial charge on any atom is 0.228 e. The highest BCUT2D eigenvalue weighted by molar-refractivity contribution is 5.83. The van der Waals surface area contributed by atoms with Crippen LogP contribution in [0.1, 0.15) is 26.7 Å². The average molecular weight is 285 g/mol. The van der Waals surface area contributed by atoms with Gasteiger partial charge >= 0.3 is 0 Å². The van der Waals surface area contributed by atoms with Crippen molar-refractivity contribution in [2.24, 2.45) is 10.8 Å². The van der Waals surface area contributed by atoms with Crippen LogP contribution in [0.2, 0.25) is 0 Å². The standard InChI is InChI=1S/C15H31N3O2/c1-14(2,11-18(3)4)10-17-13(19)15(12-20-5)6-8-16-9-7-15/h16H,6-12H2,1-5H3,(H,17,19). The van der Waals surface area contributed by atoms with Crippen LogP contribution in [0, 0.1) is 10.8 Å². The van der Waals surface area contributed by atoms with Gasteiger partial charge < -0.3 is 20.3 Å². The van der Waals surface area contributed by atoms with E-state index in [-0.39, 0.29) is 16.7 Å². The Balaban J connectivity index is 2.58. The van der Waals surface area contributed by atoms with Crippen molar-refractivity contribution in [1.82, 2.24) is 15.5 Å². The Kier molecular flexibility index (Phi) is 6.43. The molecular formula is C15H31N3O2. The first kappa shape index (κ1) is 17.4. The summed E-state index contributed by atoms with van der Waals surface area (Å²) in [5.41, 5.74) is -0.283. The molecule has 0 aromatic rings. The van der Waals surface area contributed by atoms with Crippen LogP contribution in [0.3, 0.4) is 0 Å². The molecule has 1 amide bonds. The van der Waals surface area contributed by atoms with E-state index >= 15 is 0 Å². The van der Waals surface area contributed by atoms with Gasteiger partial charge in [-0.3, -0.25) is 4.79 Å². The van der Waals surface area contributed by atoms with E-state index in [0.717, 1.165) is 32.5 Å². The van der Waals surface area contributed by atoms with Gasteiger partial charge in [0.05, 0.1) is 12.0 Å². The molecule has 0 aliphatic carbocycles. The van der Waals surface area contributed by atoms with Gasteiger partial charge in [0.15, 0.2) is 0 Å². The summed E-state index contributed by atoms with van der Waals surface area (Å²) in [5, 5.41) is 6.46. The SMILES string of the molecule is COCC1(C(=O)NCC(C)(C)CN(C)C)CCNCC1. The molecule has 0 saturated carbocycles. The molecule has 2 N–H and O–H groups in total. The summed E-state index contributed by atoms with van der Waals surface area (Å²) in [6.07, 6.45) is 1.70. The molecule has 0 unspecified atom stereocenters. The Bertz CT molecular complexity index is 305. The quantitative estimate of drug-likeness (QED) is 0.723. The van der Waals surface area contributed by atoms with Crippen molar-refractivity contribution >= 4 is 5.91 Å². The zero-order chi connectivity index (χ0) is 15.2. The first-order chi connectivity index (χ1) is 9.31. The Hall–Kier alpha value is -0.650. The normalized spacial score (nSPS) is 19.1. The zero-order valence-corrected chi connectivity index (χ0v) is 13.7. The molecule has 1 aliphatic heterocycles. The summed E-state index contributed by atoms with van der Waals surface area (Å²) in [6, 6.07) is 0. The Morgan fingerprint density at radius 3 is 2.45 bits per heavy atom. The fourth-order valence-electron chi connectivity index (χ4n) is 3.04. The summed E-state index contributed by atoms with van der Waals surface area (Å²) in [7, 11) is 5.79. The minimum atomic E-state index is -0.353. The lowest BCUT2D eigenvalue weighted by atomic mass is 9.78. The summed E-state index contributed by atoms with van der Waals surface area (Å²) >= 11 is 0. The molecular weight excluding hydrogens is 254 g/mol. The van der Waals surface area contributed by atoms with E-state index in [0.29, 0.717) is 13.2 Å². The second-order valence-electron chi connectivity index (χ2n) is 7.05. The monoisotopic (exact) mass is 285 g/mol. The molecule has 0 aromatic carbocycles. The molecule has 5 nitrogen and oxygen atoms in total. The van der Waals surface area contributed by atoms with E-state index in [2.05, 4.69) is 43.5 Å². The van der Waals surface area contributed by atoms with E-state index in [1.165, 1.54) is 0 Å². The molecule has 0 bridgehead atoms. The van der Waals surface area contributed by atoms with Crippen molar-refractivity contribution in [1.29, 1.82) is 0 Å². The highest BCUT2D eigenvalue weighted by Crippen LogP contribution is 2.29. The third kappa shape index (κ3) is 5.04. The summed E-state index contributed by atoms with van der Waals surface area (Å²) < 4.78 is 5.31. The minimum Gasteiger partial charge on any atom is -0.384 e. The van der Waals surface area contributed by atoms with E-state index in [4.69, 9.17) is 4.74 Å². The number of nitrogens with one attached hydrogen (secondary N) is 2. The molecule has 1 rings (SSSR count). The number of hydrogen-bond acceptors (Lipinski definition) is 4. The molecule has 0 spiro atoms. The van der Waals surface area contributed by atoms with Crippen molar-refractivity contribution < 1.29 is 9.53 Å². The van der Waals surface area contributed by atoms with Crippen LogP contribution in [0.15, 0.2) is 0 Å². The molecule has 20 heavy (non-hydrogen) atoms. The van der Waals surface area contributed by atoms with Crippen molar-refractivity contribution in [3.8, 4) is 0 Å². The van der Waals surface area contributed by atoms with Gasteiger partial charge in [0.1, 0.15) is 0 Å². The number of amides is 1. The third-order valence-electron chi connectivity index (χ3n) is 3.93. The summed E-state index contributed by atoms with van der Waals surface area (Å²) in [6.45, 7) is 8.29. The lowest BCUT2D eigenvalue weighted by molar-refractivity contribution is -0.136. The topological polar surface area (TPSA) is 53.6 Å². The highest BCUT2D eigenvalue weighted by atomic mass is 16.5. The average Bonchev–Trinajstić information content (AvgIpc) is 2.36. The number of carbonyl (C=O) groups is 1. The molecule has 1 fully saturated rings. The van der Waals surface area contributed by atoms with Crippen molar-refractivity contribution in [3.63, 3.8) is 0 Å². The Morgan fingerprint density at radius 2 is 1.95 bits per heavy atom. The van der Waals surface area contributed by atoms with Crippen molar-refractivity contribution in [2.45, 2.75) is 26.7 Å². The van der Waals surface area contributed by atoms with Crippen LogP contribution < -0.4 is 10.6 Å². The lowest BCUT2D eigenvalue weighted by Crippen LogP contribution is -2.52. The fourth-order valence-corrected chi connectivity index (χ4v) is 3.04. The molecule has 0 aromatic heterocycles. The van der Waals surface area contributed by atoms with E-state index in [1.54, 1.807) is 7.11 Å². The van der Waals surface area contributed by atoms with Crippen molar-refractivity contribution in [2.75, 3.05) is 54.0 Å². The second kappa shape index (κ2) is 7.38. The van der Waals surface area contributed by atoms with Gasteiger partial charge in [-0.05, 0) is 45.4 Å². The van der Waals surface area contributed by atoms with Gasteiger partial charge in [-0.15, -0.1) is 0 Å². The third-order valence-corrected chi connectivity index (χ3v) is 3.93. The molecule has 1 heterocycles. The molecule has 1 aliphatic rings. The van der Waals surface area contributed by atoms with Gasteiger partial charge in [-0.1, -0.05) is 13.8 Å². The van der Waals surface area contributed by atoms with Crippen LogP contribution in [-0.4, -0.2) is 64.8 Å². The number of methoxy groups -OCH3 is 1. The maximum atomic E-state index is 12.6. The summed E-state index contributed by atoms with van der Waals surface area (Å²) in [5.74, 6) is 0.146. The smallest absolute Gasteiger partial charge is 0.228 e. The van der Waals surface area contributed by atoms with E-state index in [9.17, 15) is 4.79 Å². The maximum absolute atomic E-state index is 12.6. The highest BCUT2D eigenvalue weighted by Gasteiger charge is 2.40. The minimum absolute atomic E-state index is 0.0698. The number of ether oxygens (including phenoxy) is 1. The van der Waals surface area contributed by atoms with E-state index < -0.39 is 0 Å². The predicted octanol–water partition coefficient (Wildman–Crippen LogP) is 0.707. The van der Waals surface area contributed by atoms with Crippen LogP contribution >= 0.6 is 0 Å². The zero-order valence-electron chi connectivity index (χ0n) is 13.7. The Labute approximate surface area is 123 Å². The first-order valence-electron chi connectivity index (χ1n) is 7.44. The van der Waals surface area contributed by atoms with Gasteiger partial charge in [-0.25, -0.2) is 0 Å². The van der Waals surface area contributed by atoms with Crippen LogP contribution in [0.5, 0.6) is 0 Å². The van der Waals surface area contributed by atoms with Crippen molar-refractivity contribution in [3.05, 3.63) is 0 Å². The predicted molar refractivity (Wildman–Crippen MR) is 81.8 cm³/mol.